The van der Waals surface area contributed by atoms with Gasteiger partial charge in [0.1, 0.15) is 22.2 Å². The molecule has 4 aromatic rings. The van der Waals surface area contributed by atoms with Gasteiger partial charge in [0, 0.05) is 17.1 Å². The largest absolute Gasteiger partial charge is 0.486 e. The Labute approximate surface area is 213 Å². The van der Waals surface area contributed by atoms with Gasteiger partial charge in [-0.1, -0.05) is 17.7 Å². The molecule has 1 amide bonds. The number of sulfonamides is 1. The second-order valence-corrected chi connectivity index (χ2v) is 10.9. The number of aryl methyl sites for hydroxylation is 4. The van der Waals surface area contributed by atoms with E-state index in [4.69, 9.17) is 4.74 Å². The molecule has 9 nitrogen and oxygen atoms in total. The summed E-state index contributed by atoms with van der Waals surface area (Å²) in [6.45, 7) is 7.54. The molecule has 0 saturated heterocycles. The summed E-state index contributed by atoms with van der Waals surface area (Å²) in [6.07, 6.45) is 0. The molecule has 0 atom stereocenters. The summed E-state index contributed by atoms with van der Waals surface area (Å²) < 4.78 is 33.6. The quantitative estimate of drug-likeness (QED) is 0.340. The molecule has 0 aliphatic heterocycles. The molecule has 11 heteroatoms. The van der Waals surface area contributed by atoms with E-state index in [-0.39, 0.29) is 23.4 Å². The first-order valence-corrected chi connectivity index (χ1v) is 13.3. The predicted octanol–water partition coefficient (Wildman–Crippen LogP) is 4.80. The van der Waals surface area contributed by atoms with Gasteiger partial charge in [-0.2, -0.15) is 0 Å². The average Bonchev–Trinajstić information content (AvgIpc) is 3.18. The van der Waals surface area contributed by atoms with Crippen molar-refractivity contribution in [1.29, 1.82) is 0 Å². The van der Waals surface area contributed by atoms with Crippen LogP contribution < -0.4 is 14.8 Å². The lowest BCUT2D eigenvalue weighted by atomic mass is 10.2. The summed E-state index contributed by atoms with van der Waals surface area (Å²) in [4.78, 5) is 26.0. The molecule has 0 radical (unpaired) electrons. The Hall–Kier alpha value is -3.83. The molecule has 36 heavy (non-hydrogen) atoms. The van der Waals surface area contributed by atoms with E-state index >= 15 is 0 Å². The van der Waals surface area contributed by atoms with Crippen molar-refractivity contribution in [3.8, 4) is 5.75 Å². The molecular weight excluding hydrogens is 498 g/mol. The van der Waals surface area contributed by atoms with E-state index in [1.165, 1.54) is 35.6 Å². The lowest BCUT2D eigenvalue weighted by Gasteiger charge is -2.09. The lowest BCUT2D eigenvalue weighted by molar-refractivity contribution is 0.103. The van der Waals surface area contributed by atoms with E-state index < -0.39 is 10.0 Å². The van der Waals surface area contributed by atoms with E-state index in [0.717, 1.165) is 11.3 Å². The zero-order valence-corrected chi connectivity index (χ0v) is 21.8. The molecule has 0 aliphatic carbocycles. The van der Waals surface area contributed by atoms with Gasteiger partial charge in [0.05, 0.1) is 10.6 Å². The topological polar surface area (TPSA) is 123 Å². The van der Waals surface area contributed by atoms with Crippen molar-refractivity contribution in [1.82, 2.24) is 15.0 Å². The van der Waals surface area contributed by atoms with Crippen LogP contribution in [0.25, 0.3) is 0 Å². The molecule has 0 aliphatic rings. The summed E-state index contributed by atoms with van der Waals surface area (Å²) in [5.41, 5.74) is 3.50. The summed E-state index contributed by atoms with van der Waals surface area (Å²) in [5.74, 6) is 0.407. The number of aromatic nitrogens is 3. The zero-order valence-electron chi connectivity index (χ0n) is 20.2. The van der Waals surface area contributed by atoms with Crippen molar-refractivity contribution in [2.24, 2.45) is 0 Å². The standard InChI is InChI=1S/C25H25N5O4S2/c1-15-5-9-20(10-6-15)34-14-22-28-18(4)23(35-22)24(31)29-19-7-11-21(12-8-19)36(32,33)30-25-26-16(2)13-17(3)27-25/h5-13H,14H2,1-4H3,(H,29,31)(H,26,27,30). The summed E-state index contributed by atoms with van der Waals surface area (Å²) in [6, 6.07) is 15.3. The number of nitrogens with zero attached hydrogens (tertiary/aromatic N) is 3. The van der Waals surface area contributed by atoms with Crippen molar-refractivity contribution in [3.05, 3.63) is 87.1 Å². The van der Waals surface area contributed by atoms with Gasteiger partial charge in [-0.15, -0.1) is 11.3 Å². The van der Waals surface area contributed by atoms with Gasteiger partial charge < -0.3 is 10.1 Å². The molecule has 0 saturated carbocycles. The Morgan fingerprint density at radius 2 is 1.56 bits per heavy atom. The van der Waals surface area contributed by atoms with Crippen molar-refractivity contribution >= 4 is 38.9 Å². The molecule has 0 spiro atoms. The highest BCUT2D eigenvalue weighted by Gasteiger charge is 2.18. The predicted molar refractivity (Wildman–Crippen MR) is 139 cm³/mol. The van der Waals surface area contributed by atoms with Crippen LogP contribution in [-0.2, 0) is 16.6 Å². The van der Waals surface area contributed by atoms with Crippen LogP contribution in [0.3, 0.4) is 0 Å². The highest BCUT2D eigenvalue weighted by molar-refractivity contribution is 7.92. The monoisotopic (exact) mass is 523 g/mol. The Bertz CT molecular complexity index is 1480. The molecular formula is C25H25N5O4S2. The van der Waals surface area contributed by atoms with E-state index in [1.807, 2.05) is 31.2 Å². The number of hydrogen-bond acceptors (Lipinski definition) is 8. The van der Waals surface area contributed by atoms with Gasteiger partial charge in [-0.3, -0.25) is 4.79 Å². The average molecular weight is 524 g/mol. The smallest absolute Gasteiger partial charge is 0.267 e. The molecule has 186 valence electrons. The van der Waals surface area contributed by atoms with Crippen LogP contribution in [0.15, 0.2) is 59.5 Å². The zero-order chi connectivity index (χ0) is 25.9. The number of nitrogens with one attached hydrogen (secondary N) is 2. The second-order valence-electron chi connectivity index (χ2n) is 8.18. The maximum Gasteiger partial charge on any atom is 0.267 e. The van der Waals surface area contributed by atoms with E-state index in [0.29, 0.717) is 32.7 Å². The number of benzene rings is 2. The van der Waals surface area contributed by atoms with Crippen LogP contribution >= 0.6 is 11.3 Å². The molecule has 2 N–H and O–H groups in total. The number of rotatable bonds is 8. The molecule has 2 heterocycles. The summed E-state index contributed by atoms with van der Waals surface area (Å²) in [7, 11) is -3.89. The minimum atomic E-state index is -3.89. The Kier molecular flexibility index (Phi) is 7.32. The van der Waals surface area contributed by atoms with Gasteiger partial charge in [0.25, 0.3) is 15.9 Å². The first-order valence-electron chi connectivity index (χ1n) is 11.0. The number of amides is 1. The Balaban J connectivity index is 1.40. The molecule has 0 fully saturated rings. The van der Waals surface area contributed by atoms with Gasteiger partial charge in [0.15, 0.2) is 0 Å². The summed E-state index contributed by atoms with van der Waals surface area (Å²) >= 11 is 1.25. The highest BCUT2D eigenvalue weighted by atomic mass is 32.2. The SMILES string of the molecule is Cc1ccc(OCc2nc(C)c(C(=O)Nc3ccc(S(=O)(=O)Nc4nc(C)cc(C)n4)cc3)s2)cc1. The van der Waals surface area contributed by atoms with Gasteiger partial charge in [-0.05, 0) is 70.2 Å². The van der Waals surface area contributed by atoms with Crippen LogP contribution in [0.1, 0.15) is 37.3 Å². The van der Waals surface area contributed by atoms with Gasteiger partial charge in [-0.25, -0.2) is 28.1 Å². The fraction of sp³-hybridized carbons (Fsp3) is 0.200. The van der Waals surface area contributed by atoms with Crippen LogP contribution in [0.4, 0.5) is 11.6 Å². The van der Waals surface area contributed by atoms with Crippen molar-refractivity contribution < 1.29 is 17.9 Å². The molecule has 2 aromatic carbocycles. The Morgan fingerprint density at radius 3 is 2.19 bits per heavy atom. The number of carbonyl (C=O) groups excluding carboxylic acids is 1. The first-order chi connectivity index (χ1) is 17.1. The van der Waals surface area contributed by atoms with Crippen molar-refractivity contribution in [2.45, 2.75) is 39.2 Å². The third-order valence-corrected chi connectivity index (χ3v) is 7.53. The van der Waals surface area contributed by atoms with Crippen LogP contribution in [0.2, 0.25) is 0 Å². The number of thiazole rings is 1. The highest BCUT2D eigenvalue weighted by Crippen LogP contribution is 2.23. The van der Waals surface area contributed by atoms with Crippen molar-refractivity contribution in [2.75, 3.05) is 10.0 Å². The third kappa shape index (κ3) is 6.23. The summed E-state index contributed by atoms with van der Waals surface area (Å²) in [5, 5.41) is 3.47. The molecule has 0 unspecified atom stereocenters. The fourth-order valence-electron chi connectivity index (χ4n) is 3.36. The second kappa shape index (κ2) is 10.4. The number of hydrogen-bond donors (Lipinski definition) is 2. The molecule has 4 rings (SSSR count). The third-order valence-electron chi connectivity index (χ3n) is 5.06. The number of anilines is 2. The first kappa shape index (κ1) is 25.3. The van der Waals surface area contributed by atoms with E-state index in [2.05, 4.69) is 25.0 Å². The number of carbonyl (C=O) groups is 1. The van der Waals surface area contributed by atoms with Gasteiger partial charge >= 0.3 is 0 Å². The molecule has 0 bridgehead atoms. The fourth-order valence-corrected chi connectivity index (χ4v) is 5.18. The van der Waals surface area contributed by atoms with Crippen LogP contribution in [-0.4, -0.2) is 29.3 Å². The maximum absolute atomic E-state index is 12.8. The maximum atomic E-state index is 12.8. The minimum absolute atomic E-state index is 0.00714. The lowest BCUT2D eigenvalue weighted by Crippen LogP contribution is -2.16. The minimum Gasteiger partial charge on any atom is -0.486 e. The van der Waals surface area contributed by atoms with Crippen molar-refractivity contribution in [3.63, 3.8) is 0 Å². The van der Waals surface area contributed by atoms with E-state index in [9.17, 15) is 13.2 Å². The van der Waals surface area contributed by atoms with Crippen LogP contribution in [0.5, 0.6) is 5.75 Å². The van der Waals surface area contributed by atoms with Gasteiger partial charge in [0.2, 0.25) is 5.95 Å². The number of ether oxygens (including phenoxy) is 1. The molecule has 2 aromatic heterocycles. The van der Waals surface area contributed by atoms with Crippen LogP contribution in [0, 0.1) is 27.7 Å². The normalized spacial score (nSPS) is 11.2. The Morgan fingerprint density at radius 1 is 0.917 bits per heavy atom. The van der Waals surface area contributed by atoms with E-state index in [1.54, 1.807) is 26.8 Å².